The molecular weight excluding hydrogens is 256 g/mol. The van der Waals surface area contributed by atoms with Gasteiger partial charge < -0.3 is 29.7 Å². The van der Waals surface area contributed by atoms with Crippen molar-refractivity contribution in [1.82, 2.24) is 4.57 Å². The number of pyridine rings is 1. The Bertz CT molecular complexity index is 542. The minimum absolute atomic E-state index is 0.171. The van der Waals surface area contributed by atoms with Gasteiger partial charge in [0.2, 0.25) is 0 Å². The van der Waals surface area contributed by atoms with Crippen LogP contribution in [0.5, 0.6) is 0 Å². The van der Waals surface area contributed by atoms with E-state index in [4.69, 9.17) is 20.4 Å². The van der Waals surface area contributed by atoms with Crippen molar-refractivity contribution in [3.05, 3.63) is 29.4 Å². The highest BCUT2D eigenvalue weighted by atomic mass is 16.6. The highest BCUT2D eigenvalue weighted by molar-refractivity contribution is 5.86. The van der Waals surface area contributed by atoms with Crippen LogP contribution in [-0.2, 0) is 4.74 Å². The highest BCUT2D eigenvalue weighted by Crippen LogP contribution is 2.28. The molecule has 0 spiro atoms. The molecule has 1 aliphatic rings. The van der Waals surface area contributed by atoms with Crippen LogP contribution in [0.3, 0.4) is 0 Å². The summed E-state index contributed by atoms with van der Waals surface area (Å²) in [5, 5.41) is 44.6. The number of carbonyl (C=O) groups is 1. The second-order valence-electron chi connectivity index (χ2n) is 4.25. The van der Waals surface area contributed by atoms with Gasteiger partial charge in [-0.1, -0.05) is 0 Å². The number of carboxylic acid groups (broad SMARTS) is 1. The predicted octanol–water partition coefficient (Wildman–Crippen LogP) is -1.72. The van der Waals surface area contributed by atoms with Gasteiger partial charge in [-0.05, 0) is 6.07 Å². The summed E-state index contributed by atoms with van der Waals surface area (Å²) in [6, 6.07) is 1.25. The van der Waals surface area contributed by atoms with Crippen molar-refractivity contribution in [1.29, 1.82) is 5.41 Å². The third-order valence-corrected chi connectivity index (χ3v) is 3.02. The number of carboxylic acids is 1. The summed E-state index contributed by atoms with van der Waals surface area (Å²) < 4.78 is 6.51. The zero-order valence-electron chi connectivity index (χ0n) is 9.80. The van der Waals surface area contributed by atoms with E-state index in [0.717, 1.165) is 6.20 Å². The fourth-order valence-electron chi connectivity index (χ4n) is 1.97. The van der Waals surface area contributed by atoms with E-state index in [2.05, 4.69) is 0 Å². The van der Waals surface area contributed by atoms with E-state index in [-0.39, 0.29) is 10.9 Å². The fraction of sp³-hybridized carbons (Fsp3) is 0.455. The van der Waals surface area contributed by atoms with E-state index in [0.29, 0.717) is 0 Å². The highest BCUT2D eigenvalue weighted by Gasteiger charge is 2.43. The molecule has 0 aliphatic carbocycles. The van der Waals surface area contributed by atoms with Crippen molar-refractivity contribution in [2.75, 3.05) is 6.61 Å². The van der Waals surface area contributed by atoms with Gasteiger partial charge in [-0.3, -0.25) is 5.41 Å². The number of aromatic carboxylic acids is 1. The van der Waals surface area contributed by atoms with Crippen LogP contribution in [0.25, 0.3) is 0 Å². The maximum atomic E-state index is 10.9. The average Bonchev–Trinajstić information content (AvgIpc) is 2.66. The lowest BCUT2D eigenvalue weighted by Gasteiger charge is -2.18. The Balaban J connectivity index is 2.35. The summed E-state index contributed by atoms with van der Waals surface area (Å²) in [5.74, 6) is -1.27. The van der Waals surface area contributed by atoms with Crippen molar-refractivity contribution < 1.29 is 30.0 Å². The molecule has 0 aromatic carbocycles. The topological polar surface area (TPSA) is 136 Å². The van der Waals surface area contributed by atoms with Gasteiger partial charge in [0, 0.05) is 12.4 Å². The zero-order chi connectivity index (χ0) is 14.2. The Morgan fingerprint density at radius 1 is 1.42 bits per heavy atom. The van der Waals surface area contributed by atoms with Gasteiger partial charge in [-0.25, -0.2) is 4.79 Å². The van der Waals surface area contributed by atoms with Gasteiger partial charge in [0.15, 0.2) is 6.23 Å². The summed E-state index contributed by atoms with van der Waals surface area (Å²) in [5.41, 5.74) is -0.250. The molecule has 8 heteroatoms. The van der Waals surface area contributed by atoms with Crippen molar-refractivity contribution in [3.63, 3.8) is 0 Å². The van der Waals surface area contributed by atoms with Crippen molar-refractivity contribution in [2.45, 2.75) is 24.5 Å². The number of ether oxygens (including phenoxy) is 1. The van der Waals surface area contributed by atoms with Gasteiger partial charge in [0.1, 0.15) is 23.9 Å². The molecule has 1 aliphatic heterocycles. The molecule has 1 saturated heterocycles. The van der Waals surface area contributed by atoms with Crippen LogP contribution >= 0.6 is 0 Å². The van der Waals surface area contributed by atoms with Crippen molar-refractivity contribution in [3.8, 4) is 0 Å². The zero-order valence-corrected chi connectivity index (χ0v) is 9.80. The Labute approximate surface area is 107 Å². The van der Waals surface area contributed by atoms with Crippen LogP contribution in [0.1, 0.15) is 16.6 Å². The van der Waals surface area contributed by atoms with Gasteiger partial charge in [-0.2, -0.15) is 0 Å². The molecule has 2 heterocycles. The standard InChI is InChI=1S/C11H14N2O6/c12-6-1-2-13(3-5(6)11(17)18)10-9(16)8(15)7(4-14)19-10/h1-3,7-10,12,14-16H,4H2,(H,17,18). The summed E-state index contributed by atoms with van der Waals surface area (Å²) in [6.07, 6.45) is -1.98. The molecule has 0 radical (unpaired) electrons. The SMILES string of the molecule is N=c1ccn(C2OC(CO)C(O)C2O)cc1C(=O)O. The molecule has 104 valence electrons. The molecule has 8 nitrogen and oxygen atoms in total. The molecular formula is C11H14N2O6. The molecule has 5 N–H and O–H groups in total. The first-order valence-electron chi connectivity index (χ1n) is 5.58. The number of aliphatic hydroxyl groups excluding tert-OH is 3. The van der Waals surface area contributed by atoms with E-state index >= 15 is 0 Å². The first kappa shape index (κ1) is 13.7. The molecule has 4 unspecified atom stereocenters. The van der Waals surface area contributed by atoms with Crippen LogP contribution in [0.2, 0.25) is 0 Å². The van der Waals surface area contributed by atoms with Gasteiger partial charge in [0.05, 0.1) is 12.0 Å². The molecule has 1 fully saturated rings. The number of nitrogens with zero attached hydrogens (tertiary/aromatic N) is 1. The summed E-state index contributed by atoms with van der Waals surface area (Å²) >= 11 is 0. The molecule has 0 bridgehead atoms. The Morgan fingerprint density at radius 2 is 2.11 bits per heavy atom. The van der Waals surface area contributed by atoms with E-state index in [9.17, 15) is 15.0 Å². The normalized spacial score (nSPS) is 30.5. The van der Waals surface area contributed by atoms with Gasteiger partial charge in [0.25, 0.3) is 0 Å². The second kappa shape index (κ2) is 5.10. The van der Waals surface area contributed by atoms with Crippen molar-refractivity contribution >= 4 is 5.97 Å². The first-order valence-corrected chi connectivity index (χ1v) is 5.58. The number of rotatable bonds is 3. The number of hydrogen-bond donors (Lipinski definition) is 5. The molecule has 1 aromatic rings. The minimum atomic E-state index is -1.29. The van der Waals surface area contributed by atoms with E-state index < -0.39 is 37.1 Å². The number of aromatic nitrogens is 1. The Hall–Kier alpha value is -1.74. The number of aliphatic hydroxyl groups is 3. The molecule has 1 aromatic heterocycles. The quantitative estimate of drug-likeness (QED) is 0.443. The fourth-order valence-corrected chi connectivity index (χ4v) is 1.97. The maximum Gasteiger partial charge on any atom is 0.339 e. The lowest BCUT2D eigenvalue weighted by molar-refractivity contribution is -0.0531. The van der Waals surface area contributed by atoms with Gasteiger partial charge >= 0.3 is 5.97 Å². The number of hydrogen-bond acceptors (Lipinski definition) is 6. The molecule has 2 rings (SSSR count). The lowest BCUT2D eigenvalue weighted by atomic mass is 10.1. The van der Waals surface area contributed by atoms with Gasteiger partial charge in [-0.15, -0.1) is 0 Å². The van der Waals surface area contributed by atoms with E-state index in [1.807, 2.05) is 0 Å². The van der Waals surface area contributed by atoms with E-state index in [1.165, 1.54) is 16.8 Å². The smallest absolute Gasteiger partial charge is 0.339 e. The summed E-state index contributed by atoms with van der Waals surface area (Å²) in [4.78, 5) is 10.9. The largest absolute Gasteiger partial charge is 0.478 e. The molecule has 0 saturated carbocycles. The van der Waals surface area contributed by atoms with Crippen LogP contribution in [0, 0.1) is 5.41 Å². The second-order valence-corrected chi connectivity index (χ2v) is 4.25. The lowest BCUT2D eigenvalue weighted by Crippen LogP contribution is -2.33. The van der Waals surface area contributed by atoms with Crippen LogP contribution < -0.4 is 5.36 Å². The van der Waals surface area contributed by atoms with Crippen molar-refractivity contribution in [2.24, 2.45) is 0 Å². The molecule has 19 heavy (non-hydrogen) atoms. The predicted molar refractivity (Wildman–Crippen MR) is 60.3 cm³/mol. The summed E-state index contributed by atoms with van der Waals surface area (Å²) in [6.45, 7) is -0.461. The third kappa shape index (κ3) is 2.38. The minimum Gasteiger partial charge on any atom is -0.478 e. The number of nitrogens with one attached hydrogen (secondary N) is 1. The molecule has 0 amide bonds. The monoisotopic (exact) mass is 270 g/mol. The van der Waals surface area contributed by atoms with Crippen LogP contribution in [-0.4, -0.2) is 55.9 Å². The maximum absolute atomic E-state index is 10.9. The first-order chi connectivity index (χ1) is 8.95. The van der Waals surface area contributed by atoms with Crippen LogP contribution in [0.4, 0.5) is 0 Å². The third-order valence-electron chi connectivity index (χ3n) is 3.02. The Morgan fingerprint density at radius 3 is 2.63 bits per heavy atom. The summed E-state index contributed by atoms with van der Waals surface area (Å²) in [7, 11) is 0. The Kier molecular flexibility index (Phi) is 3.67. The van der Waals surface area contributed by atoms with Crippen LogP contribution in [0.15, 0.2) is 18.5 Å². The molecule has 4 atom stereocenters. The average molecular weight is 270 g/mol. The van der Waals surface area contributed by atoms with E-state index in [1.54, 1.807) is 0 Å².